The van der Waals surface area contributed by atoms with E-state index in [2.05, 4.69) is 47.4 Å². The van der Waals surface area contributed by atoms with Crippen molar-refractivity contribution in [3.05, 3.63) is 118 Å². The Bertz CT molecular complexity index is 2010. The molecular formula is C43H52F2N8O4. The number of rotatable bonds is 19. The summed E-state index contributed by atoms with van der Waals surface area (Å²) in [5.41, 5.74) is 3.07. The molecule has 0 radical (unpaired) electrons. The molecule has 2 heterocycles. The van der Waals surface area contributed by atoms with Gasteiger partial charge in [-0.2, -0.15) is 10.5 Å². The van der Waals surface area contributed by atoms with Gasteiger partial charge in [-0.05, 0) is 78.8 Å². The van der Waals surface area contributed by atoms with E-state index < -0.39 is 35.7 Å². The van der Waals surface area contributed by atoms with Crippen LogP contribution in [0.4, 0.5) is 20.4 Å². The molecule has 1 amide bonds. The van der Waals surface area contributed by atoms with Gasteiger partial charge in [-0.1, -0.05) is 57.9 Å². The Balaban J connectivity index is 0.000000427. The molecule has 0 bridgehead atoms. The second kappa shape index (κ2) is 23.2. The highest BCUT2D eigenvalue weighted by Gasteiger charge is 2.24. The summed E-state index contributed by atoms with van der Waals surface area (Å²) < 4.78 is 27.8. The number of aryl methyl sites for hydroxylation is 1. The summed E-state index contributed by atoms with van der Waals surface area (Å²) in [5, 5.41) is 44.3. The van der Waals surface area contributed by atoms with Gasteiger partial charge in [-0.3, -0.25) is 4.79 Å². The fraction of sp³-hybridized carbons (Fsp3) is 0.395. The molecule has 2 aromatic carbocycles. The average Bonchev–Trinajstić information content (AvgIpc) is 3.20. The number of aromatic carboxylic acids is 1. The van der Waals surface area contributed by atoms with Crippen molar-refractivity contribution in [3.63, 3.8) is 0 Å². The molecule has 0 saturated heterocycles. The number of nitriles is 2. The summed E-state index contributed by atoms with van der Waals surface area (Å²) in [4.78, 5) is 36.4. The van der Waals surface area contributed by atoms with Crippen LogP contribution in [0.2, 0.25) is 0 Å². The number of aliphatic hydroxyl groups excluding tert-OH is 1. The number of amides is 1. The second-order valence-corrected chi connectivity index (χ2v) is 13.7. The summed E-state index contributed by atoms with van der Waals surface area (Å²) in [7, 11) is 3.68. The summed E-state index contributed by atoms with van der Waals surface area (Å²) in [6.07, 6.45) is 3.78. The number of unbranched alkanes of at least 4 members (excludes halogenated alkanes) is 2. The van der Waals surface area contributed by atoms with E-state index in [-0.39, 0.29) is 35.5 Å². The lowest BCUT2D eigenvalue weighted by atomic mass is 10.00. The van der Waals surface area contributed by atoms with Crippen molar-refractivity contribution in [1.29, 1.82) is 10.5 Å². The molecule has 4 aromatic rings. The number of hydrogen-bond acceptors (Lipinski definition) is 10. The molecule has 14 heteroatoms. The zero-order valence-electron chi connectivity index (χ0n) is 33.2. The number of halogens is 2. The number of carboxylic acids is 1. The van der Waals surface area contributed by atoms with Crippen molar-refractivity contribution in [2.45, 2.75) is 78.0 Å². The molecule has 302 valence electrons. The van der Waals surface area contributed by atoms with Crippen LogP contribution in [0, 0.1) is 34.3 Å². The van der Waals surface area contributed by atoms with E-state index in [9.17, 15) is 28.7 Å². The van der Waals surface area contributed by atoms with Gasteiger partial charge in [0.1, 0.15) is 46.8 Å². The van der Waals surface area contributed by atoms with Crippen molar-refractivity contribution >= 4 is 23.5 Å². The van der Waals surface area contributed by atoms with Crippen molar-refractivity contribution in [2.24, 2.45) is 0 Å². The van der Waals surface area contributed by atoms with Gasteiger partial charge in [0.05, 0.1) is 17.7 Å². The SMILES string of the molecule is CCCCN(C)c1cc(C(=O)N[C@@H](Cc2cc(F)cc(F)c2)[C@H](O)CNCc2cccc(CC)c2)cc(C#N)n1.CCCCN(C)c1cc(C(=O)O)cc(C#N)n1. The Morgan fingerprint density at radius 3 is 1.86 bits per heavy atom. The molecule has 12 nitrogen and oxygen atoms in total. The van der Waals surface area contributed by atoms with E-state index in [4.69, 9.17) is 10.4 Å². The van der Waals surface area contributed by atoms with Crippen molar-refractivity contribution < 1.29 is 28.6 Å². The Morgan fingerprint density at radius 1 is 0.789 bits per heavy atom. The van der Waals surface area contributed by atoms with Crippen LogP contribution >= 0.6 is 0 Å². The van der Waals surface area contributed by atoms with E-state index in [1.807, 2.05) is 54.2 Å². The molecule has 4 N–H and O–H groups in total. The smallest absolute Gasteiger partial charge is 0.335 e. The fourth-order valence-corrected chi connectivity index (χ4v) is 5.80. The number of pyridine rings is 2. The summed E-state index contributed by atoms with van der Waals surface area (Å²) in [6, 6.07) is 20.0. The van der Waals surface area contributed by atoms with Crippen LogP contribution in [0.1, 0.15) is 95.2 Å². The monoisotopic (exact) mass is 782 g/mol. The van der Waals surface area contributed by atoms with Gasteiger partial charge in [0.25, 0.3) is 5.91 Å². The van der Waals surface area contributed by atoms with Gasteiger partial charge >= 0.3 is 5.97 Å². The summed E-state index contributed by atoms with van der Waals surface area (Å²) >= 11 is 0. The van der Waals surface area contributed by atoms with Crippen LogP contribution in [0.15, 0.2) is 66.7 Å². The van der Waals surface area contributed by atoms with Crippen LogP contribution in [0.25, 0.3) is 0 Å². The highest BCUT2D eigenvalue weighted by atomic mass is 19.1. The van der Waals surface area contributed by atoms with E-state index >= 15 is 0 Å². The lowest BCUT2D eigenvalue weighted by Crippen LogP contribution is -2.48. The van der Waals surface area contributed by atoms with Crippen LogP contribution in [-0.4, -0.2) is 77.9 Å². The van der Waals surface area contributed by atoms with Gasteiger partial charge in [-0.25, -0.2) is 23.5 Å². The molecule has 57 heavy (non-hydrogen) atoms. The van der Waals surface area contributed by atoms with E-state index in [1.165, 1.54) is 35.9 Å². The Hall–Kier alpha value is -5.96. The molecule has 2 aromatic heterocycles. The average molecular weight is 783 g/mol. The molecule has 0 aliphatic heterocycles. The number of carbonyl (C=O) groups is 2. The molecule has 0 aliphatic carbocycles. The number of nitrogens with zero attached hydrogens (tertiary/aromatic N) is 6. The standard InChI is InChI=1S/C31H37F2N5O2.C12H15N3O2/c1-4-6-10-38(3)30-16-24(15-27(18-34)36-30)31(40)37-28(14-23-12-25(32)17-26(33)13-23)29(39)20-35-19-22-9-7-8-21(5-2)11-22;1-3-4-5-15(2)11-7-9(12(16)17)6-10(8-13)14-11/h7-9,11-13,15-17,28-29,35,39H,4-6,10,14,19-20H2,1-3H3,(H,37,40);6-7H,3-5H2,1-2H3,(H,16,17)/t28-,29+;/m0./s1. The highest BCUT2D eigenvalue weighted by Crippen LogP contribution is 2.18. The first-order valence-corrected chi connectivity index (χ1v) is 19.0. The van der Waals surface area contributed by atoms with E-state index in [0.29, 0.717) is 30.3 Å². The first kappa shape index (κ1) is 45.4. The summed E-state index contributed by atoms with van der Waals surface area (Å²) in [6.45, 7) is 8.35. The maximum absolute atomic E-state index is 13.9. The molecule has 0 fully saturated rings. The molecular weight excluding hydrogens is 731 g/mol. The Kier molecular flexibility index (Phi) is 18.5. The largest absolute Gasteiger partial charge is 0.478 e. The number of carboxylic acid groups (broad SMARTS) is 1. The second-order valence-electron chi connectivity index (χ2n) is 13.7. The van der Waals surface area contributed by atoms with Crippen molar-refractivity contribution in [3.8, 4) is 12.1 Å². The highest BCUT2D eigenvalue weighted by molar-refractivity contribution is 5.95. The number of benzene rings is 2. The number of anilines is 2. The quantitative estimate of drug-likeness (QED) is 0.0826. The van der Waals surface area contributed by atoms with Gasteiger partial charge in [0, 0.05) is 51.9 Å². The zero-order valence-corrected chi connectivity index (χ0v) is 33.2. The predicted octanol–water partition coefficient (Wildman–Crippen LogP) is 6.41. The van der Waals surface area contributed by atoms with Crippen LogP contribution in [0.5, 0.6) is 0 Å². The normalized spacial score (nSPS) is 11.6. The molecule has 4 rings (SSSR count). The third-order valence-corrected chi connectivity index (χ3v) is 9.08. The topological polar surface area (TPSA) is 178 Å². The van der Waals surface area contributed by atoms with Gasteiger partial charge in [-0.15, -0.1) is 0 Å². The number of nitrogens with one attached hydrogen (secondary N) is 2. The van der Waals surface area contributed by atoms with E-state index in [0.717, 1.165) is 50.3 Å². The van der Waals surface area contributed by atoms with Gasteiger partial charge in [0.15, 0.2) is 0 Å². The number of carbonyl (C=O) groups excluding carboxylic acids is 1. The molecule has 0 saturated carbocycles. The summed E-state index contributed by atoms with van der Waals surface area (Å²) in [5.74, 6) is -2.05. The van der Waals surface area contributed by atoms with Crippen LogP contribution in [0.3, 0.4) is 0 Å². The Labute approximate surface area is 333 Å². The zero-order chi connectivity index (χ0) is 41.9. The number of hydrogen-bond donors (Lipinski definition) is 4. The first-order chi connectivity index (χ1) is 27.3. The molecule has 0 aliphatic rings. The third kappa shape index (κ3) is 14.9. The first-order valence-electron chi connectivity index (χ1n) is 19.0. The lowest BCUT2D eigenvalue weighted by Gasteiger charge is -2.25. The molecule has 0 spiro atoms. The minimum atomic E-state index is -1.08. The number of aromatic nitrogens is 2. The minimum absolute atomic E-state index is 0.00592. The number of aliphatic hydroxyl groups is 1. The Morgan fingerprint density at radius 2 is 1.33 bits per heavy atom. The van der Waals surface area contributed by atoms with Crippen LogP contribution in [-0.2, 0) is 19.4 Å². The third-order valence-electron chi connectivity index (χ3n) is 9.08. The predicted molar refractivity (Wildman–Crippen MR) is 216 cm³/mol. The minimum Gasteiger partial charge on any atom is -0.478 e. The maximum Gasteiger partial charge on any atom is 0.335 e. The molecule has 0 unspecified atom stereocenters. The van der Waals surface area contributed by atoms with Gasteiger partial charge in [0.2, 0.25) is 0 Å². The molecule has 2 atom stereocenters. The lowest BCUT2D eigenvalue weighted by molar-refractivity contribution is 0.0696. The van der Waals surface area contributed by atoms with E-state index in [1.54, 1.807) is 6.07 Å². The van der Waals surface area contributed by atoms with Crippen molar-refractivity contribution in [1.82, 2.24) is 20.6 Å². The van der Waals surface area contributed by atoms with Gasteiger partial charge < -0.3 is 30.6 Å². The maximum atomic E-state index is 13.9. The van der Waals surface area contributed by atoms with Crippen LogP contribution < -0.4 is 20.4 Å². The fourth-order valence-electron chi connectivity index (χ4n) is 5.80. The van der Waals surface area contributed by atoms with Crippen molar-refractivity contribution in [2.75, 3.05) is 43.5 Å².